The number of hydrogen-bond donors (Lipinski definition) is 1. The molecule has 2 amide bonds. The largest absolute Gasteiger partial charge is 0.368 e. The van der Waals surface area contributed by atoms with Gasteiger partial charge in [0.15, 0.2) is 0 Å². The normalized spacial score (nSPS) is 26.4. The lowest BCUT2D eigenvalue weighted by atomic mass is 9.69. The summed E-state index contributed by atoms with van der Waals surface area (Å²) in [6.07, 6.45) is 0.783. The molecule has 2 atom stereocenters. The number of rotatable bonds is 4. The van der Waals surface area contributed by atoms with Crippen molar-refractivity contribution < 1.29 is 36.7 Å². The third kappa shape index (κ3) is 2.05. The molecular weight excluding hydrogens is 240 g/mol. The Morgan fingerprint density at radius 1 is 1.47 bits per heavy atom. The molecule has 1 heterocycles. The van der Waals surface area contributed by atoms with Gasteiger partial charge in [0, 0.05) is 39.1 Å². The molecule has 1 rings (SSSR count). The molecule has 1 fully saturated rings. The van der Waals surface area contributed by atoms with Crippen LogP contribution >= 0.6 is 0 Å². The van der Waals surface area contributed by atoms with E-state index in [1.165, 1.54) is 0 Å². The molecule has 19 heavy (non-hydrogen) atoms. The lowest BCUT2D eigenvalue weighted by Gasteiger charge is -2.47. The number of carbonyl (C=O) groups excluding carboxylic acids is 2. The van der Waals surface area contributed by atoms with Gasteiger partial charge in [0.25, 0.3) is 0 Å². The highest BCUT2D eigenvalue weighted by atomic mass is 16.2. The predicted molar refractivity (Wildman–Crippen MR) is 116 cm³/mol. The van der Waals surface area contributed by atoms with Crippen LogP contribution in [0.15, 0.2) is 0 Å². The van der Waals surface area contributed by atoms with Crippen molar-refractivity contribution >= 4 is 11.8 Å². The SMILES string of the molecule is CCC(C)(C)[C@@](C)(C(N)=O)N1CC(C)C(C)(C)C1=O.[HH].[HH].[HH].[HH].[HH].[HH].[HH].[HH].[HH].[HH].[HH].[HH].[HH].[HH].[HH].[HH].[HH].[HH].[HH]. The minimum Gasteiger partial charge on any atom is -0.368 e. The molecule has 1 saturated heterocycles. The highest BCUT2D eigenvalue weighted by Crippen LogP contribution is 2.46. The summed E-state index contributed by atoms with van der Waals surface area (Å²) in [6, 6.07) is 0. The first-order chi connectivity index (χ1) is 8.42. The maximum absolute atomic E-state index is 12.7. The van der Waals surface area contributed by atoms with Crippen LogP contribution in [0.5, 0.6) is 0 Å². The first kappa shape index (κ1) is 16.0. The maximum atomic E-state index is 12.7. The van der Waals surface area contributed by atoms with E-state index in [0.717, 1.165) is 6.42 Å². The van der Waals surface area contributed by atoms with Crippen LogP contribution in [0.1, 0.15) is 82.0 Å². The Morgan fingerprint density at radius 2 is 1.95 bits per heavy atom. The zero-order chi connectivity index (χ0) is 15.2. The maximum Gasteiger partial charge on any atom is 0.243 e. The molecular formula is C15H66N2O2. The van der Waals surface area contributed by atoms with Gasteiger partial charge in [-0.1, -0.05) is 41.5 Å². The van der Waals surface area contributed by atoms with Crippen LogP contribution in [0.4, 0.5) is 0 Å². The van der Waals surface area contributed by atoms with Crippen molar-refractivity contribution in [1.82, 2.24) is 4.90 Å². The van der Waals surface area contributed by atoms with E-state index in [9.17, 15) is 9.59 Å². The van der Waals surface area contributed by atoms with E-state index in [2.05, 4.69) is 6.92 Å². The summed E-state index contributed by atoms with van der Waals surface area (Å²) in [7, 11) is 0. The first-order valence-electron chi connectivity index (χ1n) is 7.05. The fourth-order valence-corrected chi connectivity index (χ4v) is 2.71. The van der Waals surface area contributed by atoms with Crippen molar-refractivity contribution in [2.45, 2.75) is 60.4 Å². The number of nitrogens with two attached hydrogens (primary N) is 1. The Balaban J connectivity index is -0.0000000112. The van der Waals surface area contributed by atoms with E-state index in [1.807, 2.05) is 41.5 Å². The van der Waals surface area contributed by atoms with Gasteiger partial charge in [0.1, 0.15) is 5.54 Å². The van der Waals surface area contributed by atoms with Gasteiger partial charge in [-0.2, -0.15) is 0 Å². The average Bonchev–Trinajstić information content (AvgIpc) is 2.51. The fraction of sp³-hybridized carbons (Fsp3) is 0.867. The van der Waals surface area contributed by atoms with Gasteiger partial charge in [0.05, 0.1) is 0 Å². The van der Waals surface area contributed by atoms with Crippen LogP contribution in [-0.2, 0) is 9.59 Å². The summed E-state index contributed by atoms with van der Waals surface area (Å²) in [5, 5.41) is 0. The molecule has 0 aromatic heterocycles. The molecule has 4 heteroatoms. The Morgan fingerprint density at radius 3 is 2.21 bits per heavy atom. The van der Waals surface area contributed by atoms with Gasteiger partial charge < -0.3 is 10.6 Å². The van der Waals surface area contributed by atoms with Crippen molar-refractivity contribution in [3.05, 3.63) is 0 Å². The smallest absolute Gasteiger partial charge is 0.243 e. The number of nitrogens with zero attached hydrogens (tertiary/aromatic N) is 1. The van der Waals surface area contributed by atoms with E-state index >= 15 is 0 Å². The highest BCUT2D eigenvalue weighted by molar-refractivity contribution is 5.94. The summed E-state index contributed by atoms with van der Waals surface area (Å²) in [5.74, 6) is -0.174. The standard InChI is InChI=1S/C15H28N2O2.19H2/c1-8-13(3,4)15(7,11(16)18)17-9-10(2)14(5,6)12(17)19;;;;;;;;;;;;;;;;;;;/h10H,8-9H2,1-7H3,(H2,16,18);19*1H/t10?,15-;;;;;;;;;;;;;;;;;;;/m1.................../s1. The number of primary amides is 1. The van der Waals surface area contributed by atoms with Crippen LogP contribution in [0, 0.1) is 16.7 Å². The molecule has 0 bridgehead atoms. The monoisotopic (exact) mass is 307 g/mol. The fourth-order valence-electron chi connectivity index (χ4n) is 2.71. The van der Waals surface area contributed by atoms with Gasteiger partial charge in [0.2, 0.25) is 11.8 Å². The average molecular weight is 307 g/mol. The second-order valence-corrected chi connectivity index (χ2v) is 7.21. The van der Waals surface area contributed by atoms with Gasteiger partial charge >= 0.3 is 0 Å². The minimum atomic E-state index is -0.944. The van der Waals surface area contributed by atoms with E-state index < -0.39 is 16.9 Å². The molecule has 0 aromatic rings. The Bertz CT molecular complexity index is 439. The van der Waals surface area contributed by atoms with Crippen LogP contribution < -0.4 is 5.73 Å². The molecule has 1 aliphatic rings. The predicted octanol–water partition coefficient (Wildman–Crippen LogP) is 6.85. The molecule has 1 aliphatic heterocycles. The second kappa shape index (κ2) is 4.50. The molecule has 0 aliphatic carbocycles. The molecule has 0 aromatic carbocycles. The molecule has 0 radical (unpaired) electrons. The lowest BCUT2D eigenvalue weighted by Crippen LogP contribution is -2.64. The molecule has 4 nitrogen and oxygen atoms in total. The summed E-state index contributed by atoms with van der Waals surface area (Å²) in [4.78, 5) is 26.5. The molecule has 0 spiro atoms. The lowest BCUT2D eigenvalue weighted by molar-refractivity contribution is -0.153. The van der Waals surface area contributed by atoms with Crippen LogP contribution in [0.25, 0.3) is 0 Å². The third-order valence-corrected chi connectivity index (χ3v) is 5.71. The number of carbonyl (C=O) groups is 2. The van der Waals surface area contributed by atoms with Crippen LogP contribution in [-0.4, -0.2) is 28.8 Å². The van der Waals surface area contributed by atoms with E-state index in [4.69, 9.17) is 5.73 Å². The highest BCUT2D eigenvalue weighted by Gasteiger charge is 2.57. The molecule has 148 valence electrons. The van der Waals surface area contributed by atoms with Crippen molar-refractivity contribution in [3.8, 4) is 0 Å². The Kier molecular flexibility index (Phi) is 3.79. The third-order valence-electron chi connectivity index (χ3n) is 5.71. The molecule has 0 saturated carbocycles. The summed E-state index contributed by atoms with van der Waals surface area (Å²) in [6.45, 7) is 14.4. The van der Waals surface area contributed by atoms with E-state index in [-0.39, 0.29) is 44.3 Å². The Labute approximate surface area is 144 Å². The van der Waals surface area contributed by atoms with Gasteiger partial charge in [-0.05, 0) is 24.7 Å². The number of amides is 2. The summed E-state index contributed by atoms with van der Waals surface area (Å²) >= 11 is 0. The van der Waals surface area contributed by atoms with E-state index in [0.29, 0.717) is 6.54 Å². The van der Waals surface area contributed by atoms with Gasteiger partial charge in [-0.15, -0.1) is 0 Å². The van der Waals surface area contributed by atoms with Crippen LogP contribution in [0.3, 0.4) is 0 Å². The van der Waals surface area contributed by atoms with Crippen molar-refractivity contribution in [3.63, 3.8) is 0 Å². The molecule has 2 N–H and O–H groups in total. The topological polar surface area (TPSA) is 63.4 Å². The zero-order valence-electron chi connectivity index (χ0n) is 13.3. The van der Waals surface area contributed by atoms with Crippen molar-refractivity contribution in [2.24, 2.45) is 22.5 Å². The van der Waals surface area contributed by atoms with Crippen molar-refractivity contribution in [2.75, 3.05) is 6.54 Å². The zero-order valence-corrected chi connectivity index (χ0v) is 13.3. The number of likely N-dealkylation sites (tertiary alicyclic amines) is 1. The van der Waals surface area contributed by atoms with Crippen molar-refractivity contribution in [1.29, 1.82) is 0 Å². The van der Waals surface area contributed by atoms with Gasteiger partial charge in [-0.25, -0.2) is 0 Å². The Hall–Kier alpha value is -1.06. The molecule has 1 unspecified atom stereocenters. The number of hydrogen-bond acceptors (Lipinski definition) is 2. The minimum absolute atomic E-state index is 0. The summed E-state index contributed by atoms with van der Waals surface area (Å²) in [5.41, 5.74) is 3.95. The van der Waals surface area contributed by atoms with Crippen LogP contribution in [0.2, 0.25) is 0 Å². The second-order valence-electron chi connectivity index (χ2n) is 7.21. The summed E-state index contributed by atoms with van der Waals surface area (Å²) < 4.78 is 0. The quantitative estimate of drug-likeness (QED) is 0.617. The van der Waals surface area contributed by atoms with E-state index in [1.54, 1.807) is 4.90 Å². The van der Waals surface area contributed by atoms with Gasteiger partial charge in [-0.3, -0.25) is 9.59 Å². The first-order valence-corrected chi connectivity index (χ1v) is 7.05.